The smallest absolute Gasteiger partial charge is 0.168 e. The van der Waals surface area contributed by atoms with Gasteiger partial charge in [0, 0.05) is 13.2 Å². The number of anilines is 1. The van der Waals surface area contributed by atoms with Gasteiger partial charge in [0.2, 0.25) is 0 Å². The van der Waals surface area contributed by atoms with Gasteiger partial charge in [0.1, 0.15) is 11.3 Å². The molecule has 5 nitrogen and oxygen atoms in total. The molecule has 0 fully saturated rings. The average molecular weight is 387 g/mol. The van der Waals surface area contributed by atoms with E-state index in [4.69, 9.17) is 17.3 Å². The number of aromatic nitrogens is 2. The van der Waals surface area contributed by atoms with Crippen LogP contribution in [0.15, 0.2) is 48.8 Å². The Labute approximate surface area is 165 Å². The number of nitrogens with one attached hydrogen (secondary N) is 1. The van der Waals surface area contributed by atoms with Gasteiger partial charge in [-0.15, -0.1) is 0 Å². The van der Waals surface area contributed by atoms with Gasteiger partial charge in [0.05, 0.1) is 16.9 Å². The Kier molecular flexibility index (Phi) is 8.30. The standard InChI is InChI=1S/C14H19N3O.C7H8ClN/c1-2-3-11(6-7-15)12-4-5-14-16-8-13(10-18)17(14)9-12;1-9-7-5-3-2-4-6(7)8/h4-5,8-11H,2-3,6-7,15H2,1H3;2-5,9H,1H3. The molecule has 0 saturated carbocycles. The summed E-state index contributed by atoms with van der Waals surface area (Å²) in [7, 11) is 1.85. The molecule has 3 N–H and O–H groups in total. The lowest BCUT2D eigenvalue weighted by Gasteiger charge is -2.16. The van der Waals surface area contributed by atoms with Crippen LogP contribution in [0.1, 0.15) is 48.2 Å². The van der Waals surface area contributed by atoms with E-state index >= 15 is 0 Å². The summed E-state index contributed by atoms with van der Waals surface area (Å²) < 4.78 is 1.85. The van der Waals surface area contributed by atoms with Crippen molar-refractivity contribution in [3.63, 3.8) is 0 Å². The highest BCUT2D eigenvalue weighted by molar-refractivity contribution is 6.33. The van der Waals surface area contributed by atoms with Crippen LogP contribution < -0.4 is 11.1 Å². The number of carbonyl (C=O) groups is 1. The molecule has 0 amide bonds. The summed E-state index contributed by atoms with van der Waals surface area (Å²) in [6.45, 7) is 2.86. The molecule has 2 heterocycles. The second kappa shape index (κ2) is 10.7. The van der Waals surface area contributed by atoms with E-state index in [1.165, 1.54) is 5.56 Å². The number of pyridine rings is 1. The van der Waals surface area contributed by atoms with Crippen LogP contribution in [0.4, 0.5) is 5.69 Å². The molecule has 0 aliphatic heterocycles. The zero-order valence-electron chi connectivity index (χ0n) is 15.9. The van der Waals surface area contributed by atoms with Gasteiger partial charge in [0.25, 0.3) is 0 Å². The van der Waals surface area contributed by atoms with Crippen LogP contribution in [0, 0.1) is 0 Å². The van der Waals surface area contributed by atoms with E-state index in [0.717, 1.165) is 41.9 Å². The van der Waals surface area contributed by atoms with Crippen molar-refractivity contribution in [1.29, 1.82) is 0 Å². The highest BCUT2D eigenvalue weighted by Gasteiger charge is 2.11. The molecule has 0 spiro atoms. The quantitative estimate of drug-likeness (QED) is 0.574. The van der Waals surface area contributed by atoms with Gasteiger partial charge in [-0.25, -0.2) is 4.98 Å². The SMILES string of the molecule is CCCC(CCN)c1ccc2ncc(C=O)n2c1.CNc1ccccc1Cl. The van der Waals surface area contributed by atoms with E-state index in [0.29, 0.717) is 18.2 Å². The maximum Gasteiger partial charge on any atom is 0.168 e. The molecule has 0 aliphatic carbocycles. The Morgan fingerprint density at radius 1 is 1.26 bits per heavy atom. The lowest BCUT2D eigenvalue weighted by Crippen LogP contribution is -2.08. The number of nitrogens with two attached hydrogens (primary N) is 1. The first-order valence-electron chi connectivity index (χ1n) is 9.19. The molecule has 1 unspecified atom stereocenters. The molecule has 6 heteroatoms. The van der Waals surface area contributed by atoms with E-state index in [2.05, 4.69) is 23.3 Å². The van der Waals surface area contributed by atoms with E-state index in [1.807, 2.05) is 48.0 Å². The number of fused-ring (bicyclic) bond motifs is 1. The summed E-state index contributed by atoms with van der Waals surface area (Å²) in [5.74, 6) is 0.464. The van der Waals surface area contributed by atoms with E-state index < -0.39 is 0 Å². The fraction of sp³-hybridized carbons (Fsp3) is 0.333. The van der Waals surface area contributed by atoms with Crippen molar-refractivity contribution >= 4 is 29.2 Å². The van der Waals surface area contributed by atoms with Gasteiger partial charge >= 0.3 is 0 Å². The average Bonchev–Trinajstić information content (AvgIpc) is 3.11. The number of carbonyl (C=O) groups excluding carboxylic acids is 1. The molecule has 0 bridgehead atoms. The summed E-state index contributed by atoms with van der Waals surface area (Å²) in [5.41, 5.74) is 9.28. The highest BCUT2D eigenvalue weighted by Crippen LogP contribution is 2.25. The van der Waals surface area contributed by atoms with Crippen LogP contribution >= 0.6 is 11.6 Å². The van der Waals surface area contributed by atoms with Crippen LogP contribution in [0.3, 0.4) is 0 Å². The predicted octanol–water partition coefficient (Wildman–Crippen LogP) is 4.76. The van der Waals surface area contributed by atoms with Crippen molar-refractivity contribution in [1.82, 2.24) is 9.38 Å². The maximum absolute atomic E-state index is 10.9. The number of halogens is 1. The van der Waals surface area contributed by atoms with Crippen LogP contribution in [0.5, 0.6) is 0 Å². The van der Waals surface area contributed by atoms with Crippen molar-refractivity contribution in [3.8, 4) is 0 Å². The minimum Gasteiger partial charge on any atom is -0.387 e. The van der Waals surface area contributed by atoms with E-state index in [-0.39, 0.29) is 0 Å². The third-order valence-corrected chi connectivity index (χ3v) is 4.77. The largest absolute Gasteiger partial charge is 0.387 e. The first-order chi connectivity index (χ1) is 13.1. The van der Waals surface area contributed by atoms with Crippen molar-refractivity contribution < 1.29 is 4.79 Å². The minimum absolute atomic E-state index is 0.464. The molecular formula is C21H27ClN4O. The lowest BCUT2D eigenvalue weighted by molar-refractivity contribution is 0.111. The third kappa shape index (κ3) is 5.55. The maximum atomic E-state index is 10.9. The number of hydrogen-bond acceptors (Lipinski definition) is 4. The van der Waals surface area contributed by atoms with Crippen LogP contribution in [-0.4, -0.2) is 29.3 Å². The first kappa shape index (κ1) is 20.9. The third-order valence-electron chi connectivity index (χ3n) is 4.44. The van der Waals surface area contributed by atoms with E-state index in [9.17, 15) is 4.79 Å². The van der Waals surface area contributed by atoms with Crippen LogP contribution in [0.2, 0.25) is 5.02 Å². The monoisotopic (exact) mass is 386 g/mol. The lowest BCUT2D eigenvalue weighted by atomic mass is 9.93. The molecular weight excluding hydrogens is 360 g/mol. The number of para-hydroxylation sites is 1. The van der Waals surface area contributed by atoms with Crippen molar-refractivity contribution in [2.45, 2.75) is 32.1 Å². The highest BCUT2D eigenvalue weighted by atomic mass is 35.5. The molecule has 2 aromatic heterocycles. The number of rotatable bonds is 7. The Morgan fingerprint density at radius 2 is 2.04 bits per heavy atom. The number of hydrogen-bond donors (Lipinski definition) is 2. The summed E-state index contributed by atoms with van der Waals surface area (Å²) in [6.07, 6.45) is 7.68. The molecule has 27 heavy (non-hydrogen) atoms. The second-order valence-corrected chi connectivity index (χ2v) is 6.69. The van der Waals surface area contributed by atoms with Crippen LogP contribution in [-0.2, 0) is 0 Å². The van der Waals surface area contributed by atoms with Crippen molar-refractivity contribution in [2.24, 2.45) is 5.73 Å². The van der Waals surface area contributed by atoms with Crippen molar-refractivity contribution in [2.75, 3.05) is 18.9 Å². The predicted molar refractivity (Wildman–Crippen MR) is 113 cm³/mol. The Bertz CT molecular complexity index is 856. The Balaban J connectivity index is 0.000000244. The molecule has 1 atom stereocenters. The number of imidazole rings is 1. The summed E-state index contributed by atoms with van der Waals surface area (Å²) in [5, 5.41) is 3.73. The van der Waals surface area contributed by atoms with Gasteiger partial charge in [-0.2, -0.15) is 0 Å². The molecule has 144 valence electrons. The normalized spacial score (nSPS) is 11.6. The zero-order chi connectivity index (χ0) is 19.6. The molecule has 0 aliphatic rings. The zero-order valence-corrected chi connectivity index (χ0v) is 16.6. The molecule has 3 rings (SSSR count). The molecule has 0 saturated heterocycles. The topological polar surface area (TPSA) is 72.4 Å². The van der Waals surface area contributed by atoms with Gasteiger partial charge in [-0.05, 0) is 49.1 Å². The van der Waals surface area contributed by atoms with Gasteiger partial charge in [-0.3, -0.25) is 9.20 Å². The second-order valence-electron chi connectivity index (χ2n) is 6.28. The van der Waals surface area contributed by atoms with Gasteiger partial charge < -0.3 is 11.1 Å². The Hall–Kier alpha value is -2.37. The fourth-order valence-electron chi connectivity index (χ4n) is 3.04. The van der Waals surface area contributed by atoms with Crippen molar-refractivity contribution in [3.05, 3.63) is 65.1 Å². The first-order valence-corrected chi connectivity index (χ1v) is 9.56. The fourth-order valence-corrected chi connectivity index (χ4v) is 3.27. The molecule has 1 aromatic carbocycles. The van der Waals surface area contributed by atoms with E-state index in [1.54, 1.807) is 6.20 Å². The number of benzene rings is 1. The molecule has 0 radical (unpaired) electrons. The summed E-state index contributed by atoms with van der Waals surface area (Å²) >= 11 is 5.76. The minimum atomic E-state index is 0.464. The summed E-state index contributed by atoms with van der Waals surface area (Å²) in [4.78, 5) is 15.1. The number of nitrogens with zero attached hydrogens (tertiary/aromatic N) is 2. The summed E-state index contributed by atoms with van der Waals surface area (Å²) in [6, 6.07) is 11.7. The van der Waals surface area contributed by atoms with Gasteiger partial charge in [0.15, 0.2) is 6.29 Å². The van der Waals surface area contributed by atoms with Gasteiger partial charge in [-0.1, -0.05) is 43.1 Å². The number of aldehydes is 1. The Morgan fingerprint density at radius 3 is 2.63 bits per heavy atom. The molecule has 3 aromatic rings. The van der Waals surface area contributed by atoms with Crippen LogP contribution in [0.25, 0.3) is 5.65 Å².